The number of hydrogen-bond donors (Lipinski definition) is 2. The molecule has 0 spiro atoms. The molecule has 9 nitrogen and oxygen atoms in total. The third kappa shape index (κ3) is 3.52. The van der Waals surface area contributed by atoms with Crippen LogP contribution in [0.2, 0.25) is 0 Å². The summed E-state index contributed by atoms with van der Waals surface area (Å²) in [5.74, 6) is -0.104. The van der Waals surface area contributed by atoms with Gasteiger partial charge in [0.2, 0.25) is 0 Å². The van der Waals surface area contributed by atoms with Crippen LogP contribution in [0, 0.1) is 13.8 Å². The molecule has 0 bridgehead atoms. The number of nitrogens with one attached hydrogen (secondary N) is 2. The SMILES string of the molecule is COc1ccc(C(=O)NNC(=O)c2cnn3c(C)cc(C)nc23)cc1OC. The van der Waals surface area contributed by atoms with E-state index in [0.29, 0.717) is 22.7 Å². The van der Waals surface area contributed by atoms with Crippen LogP contribution in [0.1, 0.15) is 32.1 Å². The highest BCUT2D eigenvalue weighted by Gasteiger charge is 2.17. The van der Waals surface area contributed by atoms with Crippen molar-refractivity contribution in [2.24, 2.45) is 0 Å². The molecule has 2 aromatic heterocycles. The van der Waals surface area contributed by atoms with Gasteiger partial charge in [-0.05, 0) is 38.1 Å². The summed E-state index contributed by atoms with van der Waals surface area (Å²) in [6.07, 6.45) is 1.41. The number of rotatable bonds is 4. The maximum Gasteiger partial charge on any atom is 0.275 e. The summed E-state index contributed by atoms with van der Waals surface area (Å²) < 4.78 is 11.9. The number of carbonyl (C=O) groups is 2. The monoisotopic (exact) mass is 369 g/mol. The van der Waals surface area contributed by atoms with Crippen LogP contribution < -0.4 is 20.3 Å². The summed E-state index contributed by atoms with van der Waals surface area (Å²) in [4.78, 5) is 29.1. The van der Waals surface area contributed by atoms with Crippen LogP contribution >= 0.6 is 0 Å². The lowest BCUT2D eigenvalue weighted by Gasteiger charge is -2.10. The topological polar surface area (TPSA) is 107 Å². The van der Waals surface area contributed by atoms with Crippen molar-refractivity contribution >= 4 is 17.5 Å². The summed E-state index contributed by atoms with van der Waals surface area (Å²) in [6.45, 7) is 3.70. The number of methoxy groups -OCH3 is 2. The average Bonchev–Trinajstić information content (AvgIpc) is 3.09. The highest BCUT2D eigenvalue weighted by Crippen LogP contribution is 2.27. The quantitative estimate of drug-likeness (QED) is 0.674. The zero-order chi connectivity index (χ0) is 19.6. The molecule has 0 fully saturated rings. The number of nitrogens with zero attached hydrogens (tertiary/aromatic N) is 3. The van der Waals surface area contributed by atoms with Gasteiger partial charge in [-0.15, -0.1) is 0 Å². The smallest absolute Gasteiger partial charge is 0.275 e. The number of aromatic nitrogens is 3. The maximum atomic E-state index is 12.4. The standard InChI is InChI=1S/C18H19N5O4/c1-10-7-11(2)23-16(20-10)13(9-19-23)18(25)22-21-17(24)12-5-6-14(26-3)15(8-12)27-4/h5-9H,1-4H3,(H,21,24)(H,22,25). The summed E-state index contributed by atoms with van der Waals surface area (Å²) in [5, 5.41) is 4.16. The number of hydrogen-bond acceptors (Lipinski definition) is 6. The number of amides is 2. The van der Waals surface area contributed by atoms with Gasteiger partial charge in [-0.1, -0.05) is 0 Å². The first-order valence-corrected chi connectivity index (χ1v) is 8.09. The molecule has 0 radical (unpaired) electrons. The van der Waals surface area contributed by atoms with Crippen LogP contribution in [-0.4, -0.2) is 40.6 Å². The van der Waals surface area contributed by atoms with Crippen LogP contribution in [0.5, 0.6) is 11.5 Å². The Hall–Kier alpha value is -3.62. The lowest BCUT2D eigenvalue weighted by Crippen LogP contribution is -2.41. The van der Waals surface area contributed by atoms with Crippen LogP contribution in [-0.2, 0) is 0 Å². The molecule has 9 heteroatoms. The van der Waals surface area contributed by atoms with Crippen molar-refractivity contribution in [2.75, 3.05) is 14.2 Å². The predicted octanol–water partition coefficient (Wildman–Crippen LogP) is 1.44. The first kappa shape index (κ1) is 18.2. The molecule has 0 aliphatic carbocycles. The zero-order valence-electron chi connectivity index (χ0n) is 15.4. The molecule has 2 heterocycles. The Morgan fingerprint density at radius 3 is 2.41 bits per heavy atom. The third-order valence-corrected chi connectivity index (χ3v) is 3.96. The Morgan fingerprint density at radius 1 is 1.00 bits per heavy atom. The third-order valence-electron chi connectivity index (χ3n) is 3.96. The minimum Gasteiger partial charge on any atom is -0.493 e. The highest BCUT2D eigenvalue weighted by molar-refractivity contribution is 6.02. The van der Waals surface area contributed by atoms with Gasteiger partial charge in [-0.3, -0.25) is 20.4 Å². The van der Waals surface area contributed by atoms with Crippen molar-refractivity contribution in [3.05, 3.63) is 53.0 Å². The van der Waals surface area contributed by atoms with Crippen molar-refractivity contribution < 1.29 is 19.1 Å². The average molecular weight is 369 g/mol. The summed E-state index contributed by atoms with van der Waals surface area (Å²) in [6, 6.07) is 6.55. The van der Waals surface area contributed by atoms with Crippen molar-refractivity contribution in [3.8, 4) is 11.5 Å². The van der Waals surface area contributed by atoms with Crippen LogP contribution in [0.3, 0.4) is 0 Å². The number of hydrazine groups is 1. The fraction of sp³-hybridized carbons (Fsp3) is 0.222. The van der Waals surface area contributed by atoms with E-state index in [-0.39, 0.29) is 5.56 Å². The van der Waals surface area contributed by atoms with Crippen LogP contribution in [0.4, 0.5) is 0 Å². The van der Waals surface area contributed by atoms with Crippen molar-refractivity contribution in [3.63, 3.8) is 0 Å². The number of ether oxygens (including phenoxy) is 2. The largest absolute Gasteiger partial charge is 0.493 e. The summed E-state index contributed by atoms with van der Waals surface area (Å²) >= 11 is 0. The van der Waals surface area contributed by atoms with Gasteiger partial charge in [0.05, 0.1) is 20.4 Å². The van der Waals surface area contributed by atoms with E-state index in [1.165, 1.54) is 26.5 Å². The second-order valence-corrected chi connectivity index (χ2v) is 5.81. The molecule has 0 saturated heterocycles. The number of fused-ring (bicyclic) bond motifs is 1. The van der Waals surface area contributed by atoms with Crippen LogP contribution in [0.25, 0.3) is 5.65 Å². The zero-order valence-corrected chi connectivity index (χ0v) is 15.4. The molecule has 0 aliphatic rings. The molecule has 2 N–H and O–H groups in total. The van der Waals surface area contributed by atoms with E-state index < -0.39 is 11.8 Å². The molecule has 3 rings (SSSR count). The van der Waals surface area contributed by atoms with Crippen molar-refractivity contribution in [2.45, 2.75) is 13.8 Å². The normalized spacial score (nSPS) is 10.5. The Labute approximate surface area is 155 Å². The Balaban J connectivity index is 1.75. The first-order valence-electron chi connectivity index (χ1n) is 8.09. The summed E-state index contributed by atoms with van der Waals surface area (Å²) in [7, 11) is 2.98. The van der Waals surface area contributed by atoms with Crippen LogP contribution in [0.15, 0.2) is 30.5 Å². The van der Waals surface area contributed by atoms with Crippen molar-refractivity contribution in [1.29, 1.82) is 0 Å². The van der Waals surface area contributed by atoms with Gasteiger partial charge in [0.25, 0.3) is 11.8 Å². The Kier molecular flexibility index (Phi) is 4.93. The molecule has 140 valence electrons. The molecule has 0 saturated carbocycles. The van der Waals surface area contributed by atoms with E-state index >= 15 is 0 Å². The highest BCUT2D eigenvalue weighted by atomic mass is 16.5. The van der Waals surface area contributed by atoms with Gasteiger partial charge in [0.15, 0.2) is 17.1 Å². The van der Waals surface area contributed by atoms with Crippen molar-refractivity contribution in [1.82, 2.24) is 25.4 Å². The van der Waals surface area contributed by atoms with Gasteiger partial charge in [0, 0.05) is 17.0 Å². The molecule has 0 aliphatic heterocycles. The lowest BCUT2D eigenvalue weighted by molar-refractivity contribution is 0.0847. The minimum atomic E-state index is -0.517. The lowest BCUT2D eigenvalue weighted by atomic mass is 10.2. The molecule has 0 unspecified atom stereocenters. The maximum absolute atomic E-state index is 12.4. The number of carbonyl (C=O) groups excluding carboxylic acids is 2. The predicted molar refractivity (Wildman–Crippen MR) is 96.9 cm³/mol. The van der Waals surface area contributed by atoms with E-state index in [9.17, 15) is 9.59 Å². The van der Waals surface area contributed by atoms with Gasteiger partial charge in [-0.25, -0.2) is 9.50 Å². The molecule has 0 atom stereocenters. The van der Waals surface area contributed by atoms with Gasteiger partial charge in [0.1, 0.15) is 5.56 Å². The van der Waals surface area contributed by atoms with Gasteiger partial charge < -0.3 is 9.47 Å². The minimum absolute atomic E-state index is 0.259. The molecule has 1 aromatic carbocycles. The fourth-order valence-electron chi connectivity index (χ4n) is 2.66. The fourth-order valence-corrected chi connectivity index (χ4v) is 2.66. The van der Waals surface area contributed by atoms with Gasteiger partial charge in [-0.2, -0.15) is 5.10 Å². The van der Waals surface area contributed by atoms with E-state index in [2.05, 4.69) is 20.9 Å². The number of benzene rings is 1. The molecular weight excluding hydrogens is 350 g/mol. The molecular formula is C18H19N5O4. The van der Waals surface area contributed by atoms with E-state index in [1.807, 2.05) is 19.9 Å². The van der Waals surface area contributed by atoms with E-state index in [4.69, 9.17) is 9.47 Å². The van der Waals surface area contributed by atoms with Gasteiger partial charge >= 0.3 is 0 Å². The second-order valence-electron chi connectivity index (χ2n) is 5.81. The molecule has 2 amide bonds. The Bertz CT molecular complexity index is 1030. The second kappa shape index (κ2) is 7.32. The number of aryl methyl sites for hydroxylation is 2. The van der Waals surface area contributed by atoms with E-state index in [0.717, 1.165) is 11.4 Å². The molecule has 27 heavy (non-hydrogen) atoms. The molecule has 3 aromatic rings. The summed E-state index contributed by atoms with van der Waals surface area (Å²) in [5.41, 5.74) is 7.35. The van der Waals surface area contributed by atoms with E-state index in [1.54, 1.807) is 16.6 Å². The first-order chi connectivity index (χ1) is 12.9. The Morgan fingerprint density at radius 2 is 1.70 bits per heavy atom.